The minimum atomic E-state index is -3.72. The Kier molecular flexibility index (Phi) is 10.6. The quantitative estimate of drug-likeness (QED) is 0.124. The Labute approximate surface area is 280 Å². The van der Waals surface area contributed by atoms with Gasteiger partial charge < -0.3 is 19.7 Å². The first kappa shape index (κ1) is 34.8. The molecule has 4 aromatic rings. The first-order chi connectivity index (χ1) is 22.4. The standard InChI is InChI=1S/C39H46O6SSi/c1-5-28(24-29-21-23-35(41)34-19-13-12-18-33(29)34)20-22-36(42)38-30(27-46(43,44)37(38)25-40)26-45-47(39(2,3)4,31-14-8-6-9-15-31)32-16-10-7-11-17-32/h6-19,21,23-24,36-37,40-42H,5,20,22,25-27H2,1-4H3/b28-24+/t36-,37+/m1/s1. The van der Waals surface area contributed by atoms with Gasteiger partial charge in [-0.2, -0.15) is 0 Å². The van der Waals surface area contributed by atoms with E-state index < -0.39 is 36.1 Å². The van der Waals surface area contributed by atoms with Crippen LogP contribution in [-0.4, -0.2) is 62.4 Å². The summed E-state index contributed by atoms with van der Waals surface area (Å²) in [6.07, 6.45) is 2.61. The van der Waals surface area contributed by atoms with Crippen LogP contribution in [0, 0.1) is 0 Å². The molecule has 0 bridgehead atoms. The summed E-state index contributed by atoms with van der Waals surface area (Å²) in [6.45, 7) is 8.02. The maximum absolute atomic E-state index is 13.4. The number of aromatic hydroxyl groups is 1. The highest BCUT2D eigenvalue weighted by Crippen LogP contribution is 2.39. The summed E-state index contributed by atoms with van der Waals surface area (Å²) in [5, 5.41) is 34.7. The highest BCUT2D eigenvalue weighted by atomic mass is 32.2. The molecule has 0 fully saturated rings. The molecule has 4 aromatic carbocycles. The van der Waals surface area contributed by atoms with Gasteiger partial charge >= 0.3 is 0 Å². The lowest BCUT2D eigenvalue weighted by atomic mass is 9.93. The molecule has 0 saturated carbocycles. The number of hydrogen-bond acceptors (Lipinski definition) is 6. The molecule has 6 nitrogen and oxygen atoms in total. The van der Waals surface area contributed by atoms with E-state index in [1.807, 2.05) is 66.7 Å². The van der Waals surface area contributed by atoms with Gasteiger partial charge in [-0.15, -0.1) is 0 Å². The second kappa shape index (κ2) is 14.3. The predicted octanol–water partition coefficient (Wildman–Crippen LogP) is 6.14. The molecule has 248 valence electrons. The normalized spacial score (nSPS) is 17.7. The Morgan fingerprint density at radius 3 is 2.04 bits per heavy atom. The lowest BCUT2D eigenvalue weighted by molar-refractivity contribution is 0.186. The van der Waals surface area contributed by atoms with Gasteiger partial charge in [0.15, 0.2) is 9.84 Å². The summed E-state index contributed by atoms with van der Waals surface area (Å²) in [6, 6.07) is 31.6. The van der Waals surface area contributed by atoms with E-state index in [-0.39, 0.29) is 23.1 Å². The van der Waals surface area contributed by atoms with Gasteiger partial charge in [-0.05, 0) is 62.8 Å². The third kappa shape index (κ3) is 7.03. The fraction of sp³-hybridized carbons (Fsp3) is 0.333. The second-order valence-corrected chi connectivity index (χ2v) is 19.9. The van der Waals surface area contributed by atoms with E-state index in [1.165, 1.54) is 0 Å². The Balaban J connectivity index is 1.48. The van der Waals surface area contributed by atoms with Gasteiger partial charge in [-0.1, -0.05) is 130 Å². The van der Waals surface area contributed by atoms with Crippen LogP contribution in [-0.2, 0) is 14.3 Å². The van der Waals surface area contributed by atoms with Crippen LogP contribution in [0.2, 0.25) is 5.04 Å². The number of phenols is 1. The lowest BCUT2D eigenvalue weighted by Gasteiger charge is -2.43. The molecule has 1 aliphatic rings. The number of phenolic OH excluding ortho intramolecular Hbond substituents is 1. The topological polar surface area (TPSA) is 104 Å². The van der Waals surface area contributed by atoms with E-state index in [0.717, 1.165) is 38.7 Å². The van der Waals surface area contributed by atoms with Crippen molar-refractivity contribution >= 4 is 45.4 Å². The van der Waals surface area contributed by atoms with Crippen molar-refractivity contribution < 1.29 is 28.2 Å². The Hall–Kier alpha value is -3.53. The van der Waals surface area contributed by atoms with E-state index in [9.17, 15) is 23.7 Å². The molecular weight excluding hydrogens is 625 g/mol. The van der Waals surface area contributed by atoms with Crippen LogP contribution in [0.3, 0.4) is 0 Å². The van der Waals surface area contributed by atoms with Crippen LogP contribution in [0.1, 0.15) is 52.5 Å². The van der Waals surface area contributed by atoms with Crippen LogP contribution in [0.4, 0.5) is 0 Å². The number of sulfone groups is 1. The zero-order chi connectivity index (χ0) is 33.8. The average molecular weight is 671 g/mol. The Morgan fingerprint density at radius 1 is 0.915 bits per heavy atom. The summed E-state index contributed by atoms with van der Waals surface area (Å²) in [5.41, 5.74) is 2.97. The van der Waals surface area contributed by atoms with Gasteiger partial charge in [0.2, 0.25) is 0 Å². The van der Waals surface area contributed by atoms with Crippen molar-refractivity contribution in [2.45, 2.75) is 63.3 Å². The van der Waals surface area contributed by atoms with Gasteiger partial charge in [-0.3, -0.25) is 0 Å². The molecule has 0 spiro atoms. The molecule has 5 rings (SSSR count). The maximum atomic E-state index is 13.4. The molecule has 0 unspecified atom stereocenters. The first-order valence-corrected chi connectivity index (χ1v) is 19.9. The smallest absolute Gasteiger partial charge is 0.261 e. The molecule has 1 heterocycles. The van der Waals surface area contributed by atoms with E-state index in [1.54, 1.807) is 6.07 Å². The van der Waals surface area contributed by atoms with E-state index in [0.29, 0.717) is 24.0 Å². The summed E-state index contributed by atoms with van der Waals surface area (Å²) in [4.78, 5) is 0. The summed E-state index contributed by atoms with van der Waals surface area (Å²) < 4.78 is 33.8. The van der Waals surface area contributed by atoms with Crippen molar-refractivity contribution in [2.75, 3.05) is 19.0 Å². The molecule has 1 aliphatic heterocycles. The first-order valence-electron chi connectivity index (χ1n) is 16.3. The number of benzene rings is 4. The third-order valence-electron chi connectivity index (χ3n) is 9.46. The van der Waals surface area contributed by atoms with Gasteiger partial charge in [0, 0.05) is 5.39 Å². The predicted molar refractivity (Wildman–Crippen MR) is 194 cm³/mol. The van der Waals surface area contributed by atoms with Crippen LogP contribution in [0.5, 0.6) is 5.75 Å². The number of aliphatic hydroxyl groups is 2. The molecule has 0 amide bonds. The van der Waals surface area contributed by atoms with E-state index in [2.05, 4.69) is 58.0 Å². The van der Waals surface area contributed by atoms with E-state index >= 15 is 0 Å². The Morgan fingerprint density at radius 2 is 1.49 bits per heavy atom. The van der Waals surface area contributed by atoms with Crippen LogP contribution >= 0.6 is 0 Å². The van der Waals surface area contributed by atoms with Gasteiger partial charge in [0.05, 0.1) is 25.1 Å². The van der Waals surface area contributed by atoms with Crippen molar-refractivity contribution in [2.24, 2.45) is 0 Å². The number of hydrogen-bond donors (Lipinski definition) is 3. The van der Waals surface area contributed by atoms with Crippen molar-refractivity contribution in [3.8, 4) is 5.75 Å². The van der Waals surface area contributed by atoms with E-state index in [4.69, 9.17) is 4.43 Å². The fourth-order valence-corrected chi connectivity index (χ4v) is 13.5. The fourth-order valence-electron chi connectivity index (χ4n) is 7.07. The van der Waals surface area contributed by atoms with Gasteiger partial charge in [0.25, 0.3) is 8.32 Å². The van der Waals surface area contributed by atoms with Crippen LogP contribution in [0.25, 0.3) is 16.8 Å². The third-order valence-corrected chi connectivity index (χ3v) is 16.5. The van der Waals surface area contributed by atoms with Gasteiger partial charge in [-0.25, -0.2) is 8.42 Å². The summed E-state index contributed by atoms with van der Waals surface area (Å²) >= 11 is 0. The highest BCUT2D eigenvalue weighted by molar-refractivity contribution is 7.92. The van der Waals surface area contributed by atoms with Gasteiger partial charge in [0.1, 0.15) is 11.0 Å². The monoisotopic (exact) mass is 670 g/mol. The minimum Gasteiger partial charge on any atom is -0.507 e. The molecule has 47 heavy (non-hydrogen) atoms. The molecule has 2 atom stereocenters. The SMILES string of the molecule is CC/C(=C\c1ccc(O)c2ccccc12)CC[C@@H](O)C1=C(CO[Si](c2ccccc2)(c2ccccc2)C(C)(C)C)CS(=O)(=O)[C@H]1CO. The molecule has 0 aromatic heterocycles. The highest BCUT2D eigenvalue weighted by Gasteiger charge is 2.51. The molecule has 0 saturated heterocycles. The Bertz CT molecular complexity index is 1820. The zero-order valence-electron chi connectivity index (χ0n) is 27.7. The van der Waals surface area contributed by atoms with Crippen LogP contribution in [0.15, 0.2) is 114 Å². The van der Waals surface area contributed by atoms with Crippen molar-refractivity contribution in [1.29, 1.82) is 0 Å². The number of allylic oxidation sites excluding steroid dienone is 1. The minimum absolute atomic E-state index is 0.0470. The number of fused-ring (bicyclic) bond motifs is 1. The summed E-state index contributed by atoms with van der Waals surface area (Å²) in [5.74, 6) is -0.0258. The van der Waals surface area contributed by atoms with Crippen molar-refractivity contribution in [3.63, 3.8) is 0 Å². The molecular formula is C39H46O6SSi. The lowest BCUT2D eigenvalue weighted by Crippen LogP contribution is -2.66. The largest absolute Gasteiger partial charge is 0.507 e. The summed E-state index contributed by atoms with van der Waals surface area (Å²) in [7, 11) is -6.69. The second-order valence-electron chi connectivity index (χ2n) is 13.4. The molecule has 3 N–H and O–H groups in total. The molecule has 0 radical (unpaired) electrons. The van der Waals surface area contributed by atoms with Crippen molar-refractivity contribution in [3.05, 3.63) is 119 Å². The molecule has 8 heteroatoms. The molecule has 0 aliphatic carbocycles. The maximum Gasteiger partial charge on any atom is 0.261 e. The van der Waals surface area contributed by atoms with Crippen molar-refractivity contribution in [1.82, 2.24) is 0 Å². The number of rotatable bonds is 12. The average Bonchev–Trinajstić information content (AvgIpc) is 3.33. The van der Waals surface area contributed by atoms with Crippen LogP contribution < -0.4 is 10.4 Å². The number of aliphatic hydroxyl groups excluding tert-OH is 2. The zero-order valence-corrected chi connectivity index (χ0v) is 29.5.